The van der Waals surface area contributed by atoms with Gasteiger partial charge in [0.15, 0.2) is 5.40 Å². The first-order chi connectivity index (χ1) is 6.84. The summed E-state index contributed by atoms with van der Waals surface area (Å²) in [5.41, 5.74) is 0. The van der Waals surface area contributed by atoms with E-state index in [2.05, 4.69) is 0 Å². The van der Waals surface area contributed by atoms with Crippen LogP contribution in [0.1, 0.15) is 6.42 Å². The Hall–Kier alpha value is 0.190. The van der Waals surface area contributed by atoms with Gasteiger partial charge < -0.3 is 29.4 Å². The SMILES string of the molecule is O=P(O)(O)C=CCC(P(=O)(O)O)P(=O)(O)O. The molecule has 96 valence electrons. The van der Waals surface area contributed by atoms with Crippen LogP contribution in [0, 0.1) is 0 Å². The maximum absolute atomic E-state index is 10.7. The van der Waals surface area contributed by atoms with Crippen molar-refractivity contribution in [2.24, 2.45) is 0 Å². The Morgan fingerprint density at radius 3 is 1.50 bits per heavy atom. The lowest BCUT2D eigenvalue weighted by Crippen LogP contribution is -2.07. The van der Waals surface area contributed by atoms with Crippen molar-refractivity contribution in [1.29, 1.82) is 0 Å². The fourth-order valence-corrected chi connectivity index (χ4v) is 3.55. The van der Waals surface area contributed by atoms with E-state index < -0.39 is 34.6 Å². The van der Waals surface area contributed by atoms with Gasteiger partial charge in [0.2, 0.25) is 0 Å². The summed E-state index contributed by atoms with van der Waals surface area (Å²) < 4.78 is 31.7. The van der Waals surface area contributed by atoms with Crippen LogP contribution in [-0.2, 0) is 13.7 Å². The fourth-order valence-electron chi connectivity index (χ4n) is 0.790. The van der Waals surface area contributed by atoms with Crippen molar-refractivity contribution < 1.29 is 43.1 Å². The molecule has 0 atom stereocenters. The van der Waals surface area contributed by atoms with Crippen LogP contribution in [0.25, 0.3) is 0 Å². The van der Waals surface area contributed by atoms with E-state index in [1.165, 1.54) is 0 Å². The highest BCUT2D eigenvalue weighted by Gasteiger charge is 2.42. The minimum Gasteiger partial charge on any atom is -0.324 e. The molecule has 0 spiro atoms. The van der Waals surface area contributed by atoms with Crippen molar-refractivity contribution in [2.75, 3.05) is 0 Å². The highest BCUT2D eigenvalue weighted by molar-refractivity contribution is 7.70. The Morgan fingerprint density at radius 1 is 0.875 bits per heavy atom. The topological polar surface area (TPSA) is 173 Å². The Labute approximate surface area is 90.3 Å². The molecule has 9 nitrogen and oxygen atoms in total. The molecule has 0 heterocycles. The van der Waals surface area contributed by atoms with E-state index >= 15 is 0 Å². The van der Waals surface area contributed by atoms with Crippen LogP contribution < -0.4 is 0 Å². The van der Waals surface area contributed by atoms with Crippen LogP contribution in [0.2, 0.25) is 0 Å². The minimum atomic E-state index is -5.05. The zero-order valence-electron chi connectivity index (χ0n) is 7.69. The average Bonchev–Trinajstić information content (AvgIpc) is 1.90. The summed E-state index contributed by atoms with van der Waals surface area (Å²) in [7, 11) is -14.6. The van der Waals surface area contributed by atoms with E-state index in [0.29, 0.717) is 11.9 Å². The van der Waals surface area contributed by atoms with Crippen molar-refractivity contribution >= 4 is 22.8 Å². The predicted molar refractivity (Wildman–Crippen MR) is 53.7 cm³/mol. The molecule has 12 heteroatoms. The molecule has 0 amide bonds. The molecule has 0 rings (SSSR count). The second kappa shape index (κ2) is 5.23. The summed E-state index contributed by atoms with van der Waals surface area (Å²) in [4.78, 5) is 51.3. The van der Waals surface area contributed by atoms with E-state index in [4.69, 9.17) is 29.4 Å². The molecule has 0 saturated heterocycles. The minimum absolute atomic E-state index is 0.325. The summed E-state index contributed by atoms with van der Waals surface area (Å²) in [6, 6.07) is 0. The molecule has 0 aromatic rings. The predicted octanol–water partition coefficient (Wildman–Crippen LogP) is -0.251. The highest BCUT2D eigenvalue weighted by atomic mass is 31.2. The summed E-state index contributed by atoms with van der Waals surface area (Å²) in [5.74, 6) is 0.325. The molecule has 0 aliphatic carbocycles. The van der Waals surface area contributed by atoms with Gasteiger partial charge in [0, 0.05) is 5.82 Å². The van der Waals surface area contributed by atoms with E-state index in [1.54, 1.807) is 0 Å². The van der Waals surface area contributed by atoms with Crippen molar-refractivity contribution in [3.05, 3.63) is 11.9 Å². The van der Waals surface area contributed by atoms with Gasteiger partial charge in [-0.05, 0) is 6.42 Å². The largest absolute Gasteiger partial charge is 0.348 e. The molecule has 6 N–H and O–H groups in total. The molecule has 0 saturated carbocycles. The third-order valence-corrected chi connectivity index (χ3v) is 5.80. The van der Waals surface area contributed by atoms with E-state index in [1.807, 2.05) is 0 Å². The van der Waals surface area contributed by atoms with E-state index in [0.717, 1.165) is 0 Å². The van der Waals surface area contributed by atoms with Crippen molar-refractivity contribution in [1.82, 2.24) is 0 Å². The maximum Gasteiger partial charge on any atom is 0.348 e. The number of hydrogen-bond acceptors (Lipinski definition) is 3. The van der Waals surface area contributed by atoms with Gasteiger partial charge in [0.25, 0.3) is 0 Å². The van der Waals surface area contributed by atoms with Crippen LogP contribution >= 0.6 is 22.8 Å². The van der Waals surface area contributed by atoms with Crippen LogP contribution in [0.3, 0.4) is 0 Å². The first-order valence-corrected chi connectivity index (χ1v) is 8.72. The van der Waals surface area contributed by atoms with Gasteiger partial charge in [0.1, 0.15) is 0 Å². The van der Waals surface area contributed by atoms with Gasteiger partial charge in [-0.2, -0.15) is 0 Å². The molecule has 0 aliphatic heterocycles. The van der Waals surface area contributed by atoms with Crippen molar-refractivity contribution in [3.63, 3.8) is 0 Å². The Kier molecular flexibility index (Phi) is 5.29. The Morgan fingerprint density at radius 2 is 1.25 bits per heavy atom. The second-order valence-corrected chi connectivity index (χ2v) is 8.36. The van der Waals surface area contributed by atoms with Gasteiger partial charge in [-0.3, -0.25) is 13.7 Å². The second-order valence-electron chi connectivity index (χ2n) is 2.87. The van der Waals surface area contributed by atoms with Crippen LogP contribution in [0.4, 0.5) is 0 Å². The molecule has 0 aliphatic rings. The lowest BCUT2D eigenvalue weighted by molar-refractivity contribution is 0.338. The molecule has 0 radical (unpaired) electrons. The average molecular weight is 296 g/mol. The first-order valence-electron chi connectivity index (χ1n) is 3.67. The molecular formula is C4H11O9P3. The summed E-state index contributed by atoms with van der Waals surface area (Å²) >= 11 is 0. The first kappa shape index (κ1) is 16.2. The number of hydrogen-bond donors (Lipinski definition) is 6. The lowest BCUT2D eigenvalue weighted by atomic mass is 10.5. The molecular weight excluding hydrogens is 285 g/mol. The van der Waals surface area contributed by atoms with Gasteiger partial charge >= 0.3 is 22.8 Å². The van der Waals surface area contributed by atoms with Gasteiger partial charge in [-0.25, -0.2) is 0 Å². The van der Waals surface area contributed by atoms with Gasteiger partial charge in [-0.1, -0.05) is 6.08 Å². The fraction of sp³-hybridized carbons (Fsp3) is 0.500. The van der Waals surface area contributed by atoms with E-state index in [-0.39, 0.29) is 0 Å². The van der Waals surface area contributed by atoms with Gasteiger partial charge in [-0.15, -0.1) is 0 Å². The quantitative estimate of drug-likeness (QED) is 0.374. The Bertz CT molecular complexity index is 373. The monoisotopic (exact) mass is 296 g/mol. The number of allylic oxidation sites excluding steroid dienone is 1. The summed E-state index contributed by atoms with van der Waals surface area (Å²) in [6.07, 6.45) is -0.205. The smallest absolute Gasteiger partial charge is 0.324 e. The molecule has 0 bridgehead atoms. The third-order valence-electron chi connectivity index (χ3n) is 1.42. The van der Waals surface area contributed by atoms with Crippen molar-refractivity contribution in [3.8, 4) is 0 Å². The molecule has 0 aromatic heterocycles. The van der Waals surface area contributed by atoms with Crippen LogP contribution in [0.15, 0.2) is 11.9 Å². The molecule has 0 unspecified atom stereocenters. The molecule has 0 fully saturated rings. The maximum atomic E-state index is 10.7. The Balaban J connectivity index is 4.88. The lowest BCUT2D eigenvalue weighted by Gasteiger charge is -2.17. The third kappa shape index (κ3) is 6.70. The highest BCUT2D eigenvalue weighted by Crippen LogP contribution is 2.61. The number of rotatable bonds is 5. The van der Waals surface area contributed by atoms with Crippen LogP contribution in [0.5, 0.6) is 0 Å². The normalized spacial score (nSPS) is 14.9. The van der Waals surface area contributed by atoms with Gasteiger partial charge in [0.05, 0.1) is 0 Å². The zero-order chi connectivity index (χ0) is 13.2. The van der Waals surface area contributed by atoms with E-state index in [9.17, 15) is 13.7 Å². The summed E-state index contributed by atoms with van der Waals surface area (Å²) in [6.45, 7) is 0. The summed E-state index contributed by atoms with van der Waals surface area (Å²) in [5, 5.41) is -2.29. The standard InChI is InChI=1S/C4H11O9P3/c5-14(6,7)3-1-2-4(15(8,9)10)16(11,12)13/h1,3-4H,2H2,(H2,5,6,7)(H2,8,9,10)(H2,11,12,13). The van der Waals surface area contributed by atoms with Crippen LogP contribution in [-0.4, -0.2) is 34.8 Å². The zero-order valence-corrected chi connectivity index (χ0v) is 10.4. The molecule has 0 aromatic carbocycles. The van der Waals surface area contributed by atoms with Crippen molar-refractivity contribution in [2.45, 2.75) is 11.8 Å². The molecule has 16 heavy (non-hydrogen) atoms.